The first-order chi connectivity index (χ1) is 9.76. The van der Waals surface area contributed by atoms with Crippen molar-refractivity contribution in [2.24, 2.45) is 0 Å². The number of esters is 1. The van der Waals surface area contributed by atoms with Gasteiger partial charge in [0.15, 0.2) is 0 Å². The normalized spacial score (nSPS) is 10.7. The summed E-state index contributed by atoms with van der Waals surface area (Å²) in [6.45, 7) is 0.649. The molecule has 0 fully saturated rings. The Morgan fingerprint density at radius 3 is 3.00 bits per heavy atom. The molecule has 0 N–H and O–H groups in total. The predicted octanol–water partition coefficient (Wildman–Crippen LogP) is 2.27. The van der Waals surface area contributed by atoms with E-state index in [1.807, 2.05) is 35.3 Å². The monoisotopic (exact) mass is 267 g/mol. The molecule has 0 aliphatic heterocycles. The molecule has 0 aliphatic carbocycles. The maximum atomic E-state index is 11.5. The highest BCUT2D eigenvalue weighted by atomic mass is 16.5. The van der Waals surface area contributed by atoms with Gasteiger partial charge in [-0.3, -0.25) is 9.67 Å². The van der Waals surface area contributed by atoms with Crippen LogP contribution >= 0.6 is 0 Å². The fourth-order valence-electron chi connectivity index (χ4n) is 2.07. The van der Waals surface area contributed by atoms with Crippen LogP contribution in [0.3, 0.4) is 0 Å². The average Bonchev–Trinajstić information content (AvgIpc) is 2.88. The number of nitrogens with zero attached hydrogens (tertiary/aromatic N) is 3. The van der Waals surface area contributed by atoms with Crippen molar-refractivity contribution in [1.82, 2.24) is 14.8 Å². The van der Waals surface area contributed by atoms with Gasteiger partial charge in [0.05, 0.1) is 24.7 Å². The molecule has 0 bridgehead atoms. The molecule has 0 aliphatic rings. The zero-order valence-electron chi connectivity index (χ0n) is 11.0. The third-order valence-electron chi connectivity index (χ3n) is 3.04. The molecule has 2 aromatic heterocycles. The number of hydrogen-bond acceptors (Lipinski definition) is 4. The number of carbonyl (C=O) groups excluding carboxylic acids is 1. The molecule has 3 rings (SSSR count). The Morgan fingerprint density at radius 1 is 1.35 bits per heavy atom. The number of pyridine rings is 1. The highest BCUT2D eigenvalue weighted by molar-refractivity contribution is 5.94. The minimum Gasteiger partial charge on any atom is -0.465 e. The van der Waals surface area contributed by atoms with Crippen molar-refractivity contribution in [3.63, 3.8) is 0 Å². The smallest absolute Gasteiger partial charge is 0.337 e. The number of fused-ring (bicyclic) bond motifs is 1. The largest absolute Gasteiger partial charge is 0.465 e. The maximum absolute atomic E-state index is 11.5. The molecule has 20 heavy (non-hydrogen) atoms. The summed E-state index contributed by atoms with van der Waals surface area (Å²) in [5.41, 5.74) is 2.36. The van der Waals surface area contributed by atoms with Crippen LogP contribution in [0.5, 0.6) is 0 Å². The Balaban J connectivity index is 1.92. The Kier molecular flexibility index (Phi) is 3.16. The minimum atomic E-state index is -0.353. The van der Waals surface area contributed by atoms with Gasteiger partial charge < -0.3 is 4.74 Å². The number of aromatic nitrogens is 3. The number of carbonyl (C=O) groups is 1. The lowest BCUT2D eigenvalue weighted by Crippen LogP contribution is -2.01. The molecule has 3 aromatic rings. The van der Waals surface area contributed by atoms with E-state index >= 15 is 0 Å². The number of ether oxygens (including phenoxy) is 1. The zero-order chi connectivity index (χ0) is 13.9. The molecule has 0 saturated carbocycles. The lowest BCUT2D eigenvalue weighted by molar-refractivity contribution is 0.0601. The lowest BCUT2D eigenvalue weighted by atomic mass is 10.2. The molecule has 2 heterocycles. The number of benzene rings is 1. The van der Waals surface area contributed by atoms with Crippen molar-refractivity contribution in [1.29, 1.82) is 0 Å². The van der Waals surface area contributed by atoms with Gasteiger partial charge in [-0.2, -0.15) is 5.10 Å². The highest BCUT2D eigenvalue weighted by Gasteiger charge is 2.08. The molecule has 0 unspecified atom stereocenters. The van der Waals surface area contributed by atoms with Gasteiger partial charge in [0.1, 0.15) is 0 Å². The summed E-state index contributed by atoms with van der Waals surface area (Å²) >= 11 is 0. The Hall–Kier alpha value is -2.69. The van der Waals surface area contributed by atoms with E-state index in [4.69, 9.17) is 4.74 Å². The van der Waals surface area contributed by atoms with Gasteiger partial charge in [-0.05, 0) is 23.8 Å². The van der Waals surface area contributed by atoms with Gasteiger partial charge in [-0.25, -0.2) is 4.79 Å². The molecule has 1 aromatic carbocycles. The van der Waals surface area contributed by atoms with Crippen LogP contribution in [0.2, 0.25) is 0 Å². The summed E-state index contributed by atoms with van der Waals surface area (Å²) in [7, 11) is 1.37. The topological polar surface area (TPSA) is 57.0 Å². The van der Waals surface area contributed by atoms with Crippen LogP contribution in [0, 0.1) is 0 Å². The molecule has 5 nitrogen and oxygen atoms in total. The van der Waals surface area contributed by atoms with Crippen molar-refractivity contribution in [3.8, 4) is 0 Å². The quantitative estimate of drug-likeness (QED) is 0.683. The molecular weight excluding hydrogens is 254 g/mol. The Bertz CT molecular complexity index is 750. The fourth-order valence-corrected chi connectivity index (χ4v) is 2.07. The van der Waals surface area contributed by atoms with E-state index in [1.54, 1.807) is 18.3 Å². The second-order valence-electron chi connectivity index (χ2n) is 4.45. The standard InChI is InChI=1S/C15H13N3O2/c1-20-15(19)12-4-5-13-10-18(17-14(13)7-12)9-11-3-2-6-16-8-11/h2-8,10H,9H2,1H3. The molecule has 0 spiro atoms. The zero-order valence-corrected chi connectivity index (χ0v) is 11.0. The second-order valence-corrected chi connectivity index (χ2v) is 4.45. The summed E-state index contributed by atoms with van der Waals surface area (Å²) in [5, 5.41) is 5.45. The van der Waals surface area contributed by atoms with E-state index in [1.165, 1.54) is 7.11 Å². The van der Waals surface area contributed by atoms with Crippen LogP contribution in [-0.4, -0.2) is 27.8 Å². The van der Waals surface area contributed by atoms with Crippen molar-refractivity contribution in [2.45, 2.75) is 6.54 Å². The summed E-state index contributed by atoms with van der Waals surface area (Å²) in [4.78, 5) is 15.6. The van der Waals surface area contributed by atoms with Gasteiger partial charge in [0, 0.05) is 24.0 Å². The van der Waals surface area contributed by atoms with Crippen molar-refractivity contribution in [2.75, 3.05) is 7.11 Å². The van der Waals surface area contributed by atoms with Gasteiger partial charge in [0.2, 0.25) is 0 Å². The lowest BCUT2D eigenvalue weighted by Gasteiger charge is -1.99. The maximum Gasteiger partial charge on any atom is 0.337 e. The third kappa shape index (κ3) is 2.38. The van der Waals surface area contributed by atoms with E-state index < -0.39 is 0 Å². The van der Waals surface area contributed by atoms with E-state index in [0.717, 1.165) is 16.5 Å². The Morgan fingerprint density at radius 2 is 2.25 bits per heavy atom. The fraction of sp³-hybridized carbons (Fsp3) is 0.133. The number of methoxy groups -OCH3 is 1. The second kappa shape index (κ2) is 5.13. The van der Waals surface area contributed by atoms with Crippen LogP contribution in [0.1, 0.15) is 15.9 Å². The molecule has 0 atom stereocenters. The van der Waals surface area contributed by atoms with E-state index in [2.05, 4.69) is 10.1 Å². The molecule has 0 saturated heterocycles. The average molecular weight is 267 g/mol. The van der Waals surface area contributed by atoms with Gasteiger partial charge >= 0.3 is 5.97 Å². The number of rotatable bonds is 3. The van der Waals surface area contributed by atoms with Crippen LogP contribution < -0.4 is 0 Å². The predicted molar refractivity (Wildman–Crippen MR) is 74.4 cm³/mol. The van der Waals surface area contributed by atoms with E-state index in [-0.39, 0.29) is 5.97 Å². The first-order valence-corrected chi connectivity index (χ1v) is 6.21. The number of hydrogen-bond donors (Lipinski definition) is 0. The van der Waals surface area contributed by atoms with E-state index in [9.17, 15) is 4.79 Å². The van der Waals surface area contributed by atoms with Gasteiger partial charge in [-0.15, -0.1) is 0 Å². The first-order valence-electron chi connectivity index (χ1n) is 6.21. The Labute approximate surface area is 115 Å². The molecule has 0 amide bonds. The van der Waals surface area contributed by atoms with Crippen LogP contribution in [-0.2, 0) is 11.3 Å². The summed E-state index contributed by atoms with van der Waals surface area (Å²) in [5.74, 6) is -0.353. The molecule has 5 heteroatoms. The van der Waals surface area contributed by atoms with E-state index in [0.29, 0.717) is 12.1 Å². The van der Waals surface area contributed by atoms with Crippen molar-refractivity contribution >= 4 is 16.9 Å². The SMILES string of the molecule is COC(=O)c1ccc2cn(Cc3cccnc3)nc2c1. The summed E-state index contributed by atoms with van der Waals surface area (Å²) in [6.07, 6.45) is 5.50. The molecular formula is C15H13N3O2. The summed E-state index contributed by atoms with van der Waals surface area (Å²) in [6, 6.07) is 9.24. The van der Waals surface area contributed by atoms with Crippen LogP contribution in [0.4, 0.5) is 0 Å². The van der Waals surface area contributed by atoms with Crippen LogP contribution in [0.25, 0.3) is 10.9 Å². The third-order valence-corrected chi connectivity index (χ3v) is 3.04. The highest BCUT2D eigenvalue weighted by Crippen LogP contribution is 2.16. The van der Waals surface area contributed by atoms with Crippen molar-refractivity contribution < 1.29 is 9.53 Å². The molecule has 0 radical (unpaired) electrons. The minimum absolute atomic E-state index is 0.353. The summed E-state index contributed by atoms with van der Waals surface area (Å²) < 4.78 is 6.54. The molecule has 100 valence electrons. The van der Waals surface area contributed by atoms with Crippen molar-refractivity contribution in [3.05, 3.63) is 60.0 Å². The first kappa shape index (κ1) is 12.3. The van der Waals surface area contributed by atoms with Crippen LogP contribution in [0.15, 0.2) is 48.9 Å². The van der Waals surface area contributed by atoms with Gasteiger partial charge in [0.25, 0.3) is 0 Å². The van der Waals surface area contributed by atoms with Gasteiger partial charge in [-0.1, -0.05) is 12.1 Å².